The van der Waals surface area contributed by atoms with Gasteiger partial charge in [-0.2, -0.15) is 0 Å². The fraction of sp³-hybridized carbons (Fsp3) is 0.462. The zero-order valence-electron chi connectivity index (χ0n) is 10.2. The lowest BCUT2D eigenvalue weighted by Crippen LogP contribution is -2.15. The number of amidine groups is 1. The van der Waals surface area contributed by atoms with E-state index in [1.54, 1.807) is 6.07 Å². The molecule has 1 aromatic carbocycles. The molecular formula is C13H20N2O2. The average molecular weight is 236 g/mol. The van der Waals surface area contributed by atoms with Crippen LogP contribution in [0.15, 0.2) is 18.2 Å². The van der Waals surface area contributed by atoms with Crippen molar-refractivity contribution in [1.29, 1.82) is 5.41 Å². The zero-order chi connectivity index (χ0) is 12.7. The summed E-state index contributed by atoms with van der Waals surface area (Å²) in [7, 11) is 0. The van der Waals surface area contributed by atoms with E-state index in [1.165, 1.54) is 0 Å². The van der Waals surface area contributed by atoms with E-state index in [9.17, 15) is 0 Å². The molecule has 0 aliphatic heterocycles. The molecule has 17 heavy (non-hydrogen) atoms. The van der Waals surface area contributed by atoms with Crippen LogP contribution in [0.1, 0.15) is 30.9 Å². The lowest BCUT2D eigenvalue weighted by molar-refractivity contribution is 0.200. The fourth-order valence-corrected chi connectivity index (χ4v) is 1.68. The molecule has 0 spiro atoms. The highest BCUT2D eigenvalue weighted by atomic mass is 16.5. The van der Waals surface area contributed by atoms with Crippen molar-refractivity contribution in [2.24, 2.45) is 5.73 Å². The standard InChI is InChI=1S/C13H20N2O2/c1-2-3-5-10-6-4-7-11(13(14)15)12(10)17-9-8-16/h4,6-7,16H,2-3,5,8-9H2,1H3,(H3,14,15). The lowest BCUT2D eigenvalue weighted by atomic mass is 10.0. The second kappa shape index (κ2) is 6.91. The van der Waals surface area contributed by atoms with E-state index < -0.39 is 0 Å². The predicted octanol–water partition coefficient (Wildman–Crippen LogP) is 1.68. The van der Waals surface area contributed by atoms with E-state index >= 15 is 0 Å². The Morgan fingerprint density at radius 2 is 2.24 bits per heavy atom. The van der Waals surface area contributed by atoms with Gasteiger partial charge in [-0.3, -0.25) is 5.41 Å². The minimum absolute atomic E-state index is 0.00344. The van der Waals surface area contributed by atoms with E-state index in [-0.39, 0.29) is 19.0 Å². The monoisotopic (exact) mass is 236 g/mol. The Morgan fingerprint density at radius 3 is 2.82 bits per heavy atom. The molecule has 0 atom stereocenters. The van der Waals surface area contributed by atoms with Gasteiger partial charge in [-0.25, -0.2) is 0 Å². The van der Waals surface area contributed by atoms with E-state index in [1.807, 2.05) is 12.1 Å². The Morgan fingerprint density at radius 1 is 1.47 bits per heavy atom. The van der Waals surface area contributed by atoms with Crippen LogP contribution in [0, 0.1) is 5.41 Å². The zero-order valence-corrected chi connectivity index (χ0v) is 10.2. The largest absolute Gasteiger partial charge is 0.490 e. The first-order chi connectivity index (χ1) is 8.20. The van der Waals surface area contributed by atoms with Crippen LogP contribution in [-0.4, -0.2) is 24.2 Å². The molecule has 1 rings (SSSR count). The molecule has 0 aromatic heterocycles. The van der Waals surface area contributed by atoms with Gasteiger partial charge in [-0.15, -0.1) is 0 Å². The number of aliphatic hydroxyl groups is 1. The molecule has 0 fully saturated rings. The van der Waals surface area contributed by atoms with Crippen molar-refractivity contribution in [3.05, 3.63) is 29.3 Å². The van der Waals surface area contributed by atoms with Gasteiger partial charge in [0.1, 0.15) is 18.2 Å². The van der Waals surface area contributed by atoms with Crippen molar-refractivity contribution >= 4 is 5.84 Å². The Hall–Kier alpha value is -1.55. The fourth-order valence-electron chi connectivity index (χ4n) is 1.68. The number of aryl methyl sites for hydroxylation is 1. The van der Waals surface area contributed by atoms with Gasteiger partial charge in [0.25, 0.3) is 0 Å². The van der Waals surface area contributed by atoms with Gasteiger partial charge in [0.2, 0.25) is 0 Å². The molecule has 0 aliphatic carbocycles. The van der Waals surface area contributed by atoms with Crippen molar-refractivity contribution in [2.45, 2.75) is 26.2 Å². The summed E-state index contributed by atoms with van der Waals surface area (Å²) in [6, 6.07) is 5.63. The number of hydrogen-bond donors (Lipinski definition) is 3. The van der Waals surface area contributed by atoms with E-state index in [0.29, 0.717) is 11.3 Å². The number of aliphatic hydroxyl groups excluding tert-OH is 1. The van der Waals surface area contributed by atoms with Gasteiger partial charge in [0, 0.05) is 0 Å². The molecule has 0 saturated heterocycles. The summed E-state index contributed by atoms with van der Waals surface area (Å²) in [5, 5.41) is 16.3. The van der Waals surface area contributed by atoms with Crippen LogP contribution in [0.4, 0.5) is 0 Å². The number of para-hydroxylation sites is 1. The second-order valence-electron chi connectivity index (χ2n) is 3.88. The first kappa shape index (κ1) is 13.5. The molecule has 4 nitrogen and oxygen atoms in total. The molecule has 4 heteroatoms. The van der Waals surface area contributed by atoms with Crippen LogP contribution < -0.4 is 10.5 Å². The van der Waals surface area contributed by atoms with Crippen LogP contribution in [0.2, 0.25) is 0 Å². The summed E-state index contributed by atoms with van der Waals surface area (Å²) in [6.45, 7) is 2.31. The Labute approximate surface area is 102 Å². The van der Waals surface area contributed by atoms with Crippen molar-refractivity contribution in [1.82, 2.24) is 0 Å². The van der Waals surface area contributed by atoms with E-state index in [0.717, 1.165) is 24.8 Å². The topological polar surface area (TPSA) is 79.3 Å². The van der Waals surface area contributed by atoms with Crippen molar-refractivity contribution in [3.8, 4) is 5.75 Å². The van der Waals surface area contributed by atoms with Gasteiger partial charge in [0.15, 0.2) is 0 Å². The third-order valence-electron chi connectivity index (χ3n) is 2.52. The summed E-state index contributed by atoms with van der Waals surface area (Å²) in [5.74, 6) is 0.638. The smallest absolute Gasteiger partial charge is 0.133 e. The average Bonchev–Trinajstić information content (AvgIpc) is 2.33. The van der Waals surface area contributed by atoms with Crippen molar-refractivity contribution in [2.75, 3.05) is 13.2 Å². The number of benzene rings is 1. The van der Waals surface area contributed by atoms with Gasteiger partial charge >= 0.3 is 0 Å². The van der Waals surface area contributed by atoms with E-state index in [2.05, 4.69) is 6.92 Å². The Bertz CT molecular complexity index is 378. The van der Waals surface area contributed by atoms with Crippen LogP contribution in [0.25, 0.3) is 0 Å². The molecule has 0 bridgehead atoms. The maximum atomic E-state index is 8.81. The van der Waals surface area contributed by atoms with Gasteiger partial charge < -0.3 is 15.6 Å². The molecule has 0 heterocycles. The number of unbranched alkanes of at least 4 members (excludes halogenated alkanes) is 1. The van der Waals surface area contributed by atoms with Crippen molar-refractivity contribution < 1.29 is 9.84 Å². The van der Waals surface area contributed by atoms with Crippen LogP contribution in [0.3, 0.4) is 0 Å². The van der Waals surface area contributed by atoms with Crippen LogP contribution in [0.5, 0.6) is 5.75 Å². The number of ether oxygens (including phenoxy) is 1. The molecular weight excluding hydrogens is 216 g/mol. The highest BCUT2D eigenvalue weighted by Gasteiger charge is 2.11. The summed E-state index contributed by atoms with van der Waals surface area (Å²) in [5.41, 5.74) is 7.18. The number of rotatable bonds is 7. The van der Waals surface area contributed by atoms with Gasteiger partial charge in [-0.1, -0.05) is 25.5 Å². The highest BCUT2D eigenvalue weighted by molar-refractivity contribution is 5.98. The van der Waals surface area contributed by atoms with Crippen LogP contribution in [-0.2, 0) is 6.42 Å². The normalized spacial score (nSPS) is 10.2. The second-order valence-corrected chi connectivity index (χ2v) is 3.88. The molecule has 94 valence electrons. The molecule has 0 unspecified atom stereocenters. The third-order valence-corrected chi connectivity index (χ3v) is 2.52. The number of hydrogen-bond acceptors (Lipinski definition) is 3. The molecule has 0 saturated carbocycles. The number of nitrogens with one attached hydrogen (secondary N) is 1. The van der Waals surface area contributed by atoms with E-state index in [4.69, 9.17) is 21.0 Å². The Kier molecular flexibility index (Phi) is 5.49. The molecule has 0 amide bonds. The molecule has 1 aromatic rings. The summed E-state index contributed by atoms with van der Waals surface area (Å²) in [6.07, 6.45) is 3.07. The molecule has 0 aliphatic rings. The maximum absolute atomic E-state index is 8.81. The molecule has 0 radical (unpaired) electrons. The minimum Gasteiger partial charge on any atom is -0.490 e. The maximum Gasteiger partial charge on any atom is 0.133 e. The Balaban J connectivity index is 3.00. The van der Waals surface area contributed by atoms with Crippen LogP contribution >= 0.6 is 0 Å². The first-order valence-electron chi connectivity index (χ1n) is 5.90. The lowest BCUT2D eigenvalue weighted by Gasteiger charge is -2.14. The van der Waals surface area contributed by atoms with Gasteiger partial charge in [0.05, 0.1) is 12.2 Å². The summed E-state index contributed by atoms with van der Waals surface area (Å²) >= 11 is 0. The minimum atomic E-state index is -0.0422. The SMILES string of the molecule is CCCCc1cccc(C(=N)N)c1OCCO. The quantitative estimate of drug-likeness (QED) is 0.498. The van der Waals surface area contributed by atoms with Gasteiger partial charge in [-0.05, 0) is 24.5 Å². The number of nitrogen functional groups attached to an aromatic ring is 1. The molecule has 4 N–H and O–H groups in total. The third kappa shape index (κ3) is 3.75. The predicted molar refractivity (Wildman–Crippen MR) is 68.7 cm³/mol. The first-order valence-corrected chi connectivity index (χ1v) is 5.90. The van der Waals surface area contributed by atoms with Crippen molar-refractivity contribution in [3.63, 3.8) is 0 Å². The summed E-state index contributed by atoms with van der Waals surface area (Å²) in [4.78, 5) is 0. The summed E-state index contributed by atoms with van der Waals surface area (Å²) < 4.78 is 5.50. The number of nitrogens with two attached hydrogens (primary N) is 1. The highest BCUT2D eigenvalue weighted by Crippen LogP contribution is 2.25.